The summed E-state index contributed by atoms with van der Waals surface area (Å²) in [6, 6.07) is 10.8. The van der Waals surface area contributed by atoms with Crippen LogP contribution in [0, 0.1) is 0 Å². The summed E-state index contributed by atoms with van der Waals surface area (Å²) in [4.78, 5) is 22.8. The van der Waals surface area contributed by atoms with E-state index < -0.39 is 5.97 Å². The molecule has 0 aliphatic rings. The normalized spacial score (nSPS) is 10.1. The van der Waals surface area contributed by atoms with Gasteiger partial charge >= 0.3 is 5.97 Å². The van der Waals surface area contributed by atoms with E-state index in [2.05, 4.69) is 21.2 Å². The van der Waals surface area contributed by atoms with Crippen LogP contribution in [-0.4, -0.2) is 17.0 Å². The number of halogens is 2. The van der Waals surface area contributed by atoms with Crippen LogP contribution in [0.2, 0.25) is 5.02 Å². The fourth-order valence-electron chi connectivity index (χ4n) is 1.55. The zero-order chi connectivity index (χ0) is 14.7. The second kappa shape index (κ2) is 6.07. The molecular formula is C14H9BrClNO3. The third-order valence-corrected chi connectivity index (χ3v) is 3.39. The first-order chi connectivity index (χ1) is 9.47. The molecule has 2 N–H and O–H groups in total. The van der Waals surface area contributed by atoms with Gasteiger partial charge in [0, 0.05) is 10.0 Å². The fourth-order valence-corrected chi connectivity index (χ4v) is 2.08. The molecule has 1 amide bonds. The van der Waals surface area contributed by atoms with Crippen molar-refractivity contribution >= 4 is 45.1 Å². The van der Waals surface area contributed by atoms with Crippen LogP contribution in [0.5, 0.6) is 0 Å². The molecule has 0 saturated carbocycles. The molecule has 2 aromatic carbocycles. The van der Waals surface area contributed by atoms with Gasteiger partial charge < -0.3 is 10.4 Å². The third-order valence-electron chi connectivity index (χ3n) is 2.57. The van der Waals surface area contributed by atoms with Gasteiger partial charge in [-0.2, -0.15) is 0 Å². The van der Waals surface area contributed by atoms with Crippen LogP contribution in [0.3, 0.4) is 0 Å². The summed E-state index contributed by atoms with van der Waals surface area (Å²) in [5.74, 6) is -1.39. The standard InChI is InChI=1S/C14H9BrClNO3/c15-10-5-6-11(16)12(7-10)17-13(18)8-1-3-9(4-2-8)14(19)20/h1-7H,(H,17,18)(H,19,20). The number of hydrogen-bond donors (Lipinski definition) is 2. The van der Waals surface area contributed by atoms with Crippen LogP contribution in [0.15, 0.2) is 46.9 Å². The largest absolute Gasteiger partial charge is 0.478 e. The molecule has 20 heavy (non-hydrogen) atoms. The Morgan fingerprint density at radius 1 is 1.05 bits per heavy atom. The van der Waals surface area contributed by atoms with Gasteiger partial charge in [-0.05, 0) is 42.5 Å². The monoisotopic (exact) mass is 353 g/mol. The van der Waals surface area contributed by atoms with Gasteiger partial charge in [-0.15, -0.1) is 0 Å². The zero-order valence-corrected chi connectivity index (χ0v) is 12.4. The first kappa shape index (κ1) is 14.6. The lowest BCUT2D eigenvalue weighted by molar-refractivity contribution is 0.0696. The molecule has 2 rings (SSSR count). The van der Waals surface area contributed by atoms with Crippen molar-refractivity contribution in [3.63, 3.8) is 0 Å². The number of nitrogens with one attached hydrogen (secondary N) is 1. The molecule has 0 fully saturated rings. The predicted molar refractivity (Wildman–Crippen MR) is 80.5 cm³/mol. The Morgan fingerprint density at radius 3 is 2.25 bits per heavy atom. The molecular weight excluding hydrogens is 346 g/mol. The Morgan fingerprint density at radius 2 is 1.65 bits per heavy atom. The first-order valence-electron chi connectivity index (χ1n) is 5.57. The van der Waals surface area contributed by atoms with E-state index in [1.54, 1.807) is 18.2 Å². The smallest absolute Gasteiger partial charge is 0.335 e. The van der Waals surface area contributed by atoms with Crippen LogP contribution in [0.1, 0.15) is 20.7 Å². The highest BCUT2D eigenvalue weighted by Crippen LogP contribution is 2.26. The lowest BCUT2D eigenvalue weighted by Crippen LogP contribution is -2.12. The molecule has 102 valence electrons. The minimum Gasteiger partial charge on any atom is -0.478 e. The topological polar surface area (TPSA) is 66.4 Å². The Labute approximate surface area is 128 Å². The van der Waals surface area contributed by atoms with E-state index in [4.69, 9.17) is 16.7 Å². The molecule has 4 nitrogen and oxygen atoms in total. The Balaban J connectivity index is 2.19. The predicted octanol–water partition coefficient (Wildman–Crippen LogP) is 4.05. The van der Waals surface area contributed by atoms with Crippen LogP contribution < -0.4 is 5.32 Å². The number of hydrogen-bond acceptors (Lipinski definition) is 2. The van der Waals surface area contributed by atoms with Crippen molar-refractivity contribution in [3.05, 3.63) is 63.1 Å². The highest BCUT2D eigenvalue weighted by atomic mass is 79.9. The molecule has 0 unspecified atom stereocenters. The molecule has 0 heterocycles. The summed E-state index contributed by atoms with van der Waals surface area (Å²) in [5.41, 5.74) is 0.960. The summed E-state index contributed by atoms with van der Waals surface area (Å²) < 4.78 is 0.790. The molecule has 0 bridgehead atoms. The second-order valence-electron chi connectivity index (χ2n) is 3.96. The maximum Gasteiger partial charge on any atom is 0.335 e. The second-order valence-corrected chi connectivity index (χ2v) is 5.28. The molecule has 0 atom stereocenters. The van der Waals surface area contributed by atoms with Crippen LogP contribution >= 0.6 is 27.5 Å². The van der Waals surface area contributed by atoms with E-state index in [0.29, 0.717) is 16.3 Å². The summed E-state index contributed by atoms with van der Waals surface area (Å²) in [6.45, 7) is 0. The molecule has 0 radical (unpaired) electrons. The molecule has 2 aromatic rings. The van der Waals surface area contributed by atoms with E-state index in [9.17, 15) is 9.59 Å². The molecule has 0 saturated heterocycles. The zero-order valence-electron chi connectivity index (χ0n) is 10.1. The van der Waals surface area contributed by atoms with E-state index in [1.165, 1.54) is 24.3 Å². The van der Waals surface area contributed by atoms with Crippen molar-refractivity contribution in [2.75, 3.05) is 5.32 Å². The Bertz CT molecular complexity index is 671. The van der Waals surface area contributed by atoms with Crippen molar-refractivity contribution in [1.29, 1.82) is 0 Å². The van der Waals surface area contributed by atoms with E-state index in [1.807, 2.05) is 0 Å². The van der Waals surface area contributed by atoms with Gasteiger partial charge in [0.05, 0.1) is 16.3 Å². The van der Waals surface area contributed by atoms with Crippen LogP contribution in [0.4, 0.5) is 5.69 Å². The number of rotatable bonds is 3. The number of amides is 1. The van der Waals surface area contributed by atoms with Gasteiger partial charge in [-0.25, -0.2) is 4.79 Å². The Hall–Kier alpha value is -1.85. The van der Waals surface area contributed by atoms with Crippen molar-refractivity contribution in [2.24, 2.45) is 0 Å². The minimum atomic E-state index is -1.04. The molecule has 6 heteroatoms. The highest BCUT2D eigenvalue weighted by Gasteiger charge is 2.10. The SMILES string of the molecule is O=C(O)c1ccc(C(=O)Nc2cc(Br)ccc2Cl)cc1. The molecule has 0 aliphatic heterocycles. The van der Waals surface area contributed by atoms with Gasteiger partial charge in [0.25, 0.3) is 5.91 Å². The summed E-state index contributed by atoms with van der Waals surface area (Å²) >= 11 is 9.27. The number of carboxylic acids is 1. The number of anilines is 1. The van der Waals surface area contributed by atoms with E-state index >= 15 is 0 Å². The van der Waals surface area contributed by atoms with Crippen molar-refractivity contribution in [2.45, 2.75) is 0 Å². The summed E-state index contributed by atoms with van der Waals surface area (Å²) in [6.07, 6.45) is 0. The van der Waals surface area contributed by atoms with E-state index in [-0.39, 0.29) is 11.5 Å². The average molecular weight is 355 g/mol. The Kier molecular flexibility index (Phi) is 4.42. The summed E-state index contributed by atoms with van der Waals surface area (Å²) in [7, 11) is 0. The van der Waals surface area contributed by atoms with Crippen LogP contribution in [-0.2, 0) is 0 Å². The maximum absolute atomic E-state index is 12.0. The van der Waals surface area contributed by atoms with E-state index in [0.717, 1.165) is 4.47 Å². The lowest BCUT2D eigenvalue weighted by atomic mass is 10.1. The maximum atomic E-state index is 12.0. The van der Waals surface area contributed by atoms with Gasteiger partial charge in [0.15, 0.2) is 0 Å². The number of carbonyl (C=O) groups excluding carboxylic acids is 1. The van der Waals surface area contributed by atoms with Crippen molar-refractivity contribution in [1.82, 2.24) is 0 Å². The fraction of sp³-hybridized carbons (Fsp3) is 0. The number of benzene rings is 2. The molecule has 0 aliphatic carbocycles. The highest BCUT2D eigenvalue weighted by molar-refractivity contribution is 9.10. The van der Waals surface area contributed by atoms with Gasteiger partial charge in [0.2, 0.25) is 0 Å². The first-order valence-corrected chi connectivity index (χ1v) is 6.74. The van der Waals surface area contributed by atoms with Gasteiger partial charge in [-0.3, -0.25) is 4.79 Å². The van der Waals surface area contributed by atoms with Crippen molar-refractivity contribution < 1.29 is 14.7 Å². The van der Waals surface area contributed by atoms with Crippen molar-refractivity contribution in [3.8, 4) is 0 Å². The molecule has 0 spiro atoms. The average Bonchev–Trinajstić information content (AvgIpc) is 2.43. The molecule has 0 aromatic heterocycles. The lowest BCUT2D eigenvalue weighted by Gasteiger charge is -2.08. The number of carboxylic acid groups (broad SMARTS) is 1. The summed E-state index contributed by atoms with van der Waals surface area (Å²) in [5, 5.41) is 11.9. The minimum absolute atomic E-state index is 0.127. The quantitative estimate of drug-likeness (QED) is 0.874. The van der Waals surface area contributed by atoms with Gasteiger partial charge in [-0.1, -0.05) is 27.5 Å². The van der Waals surface area contributed by atoms with Gasteiger partial charge in [0.1, 0.15) is 0 Å². The number of carbonyl (C=O) groups is 2. The van der Waals surface area contributed by atoms with Crippen LogP contribution in [0.25, 0.3) is 0 Å². The third kappa shape index (κ3) is 3.37. The number of aromatic carboxylic acids is 1.